The number of nitro benzene ring substituents is 1. The van der Waals surface area contributed by atoms with Gasteiger partial charge in [-0.3, -0.25) is 14.9 Å². The highest BCUT2D eigenvalue weighted by atomic mass is 79.9. The molecule has 0 spiro atoms. The van der Waals surface area contributed by atoms with Gasteiger partial charge in [-0.2, -0.15) is 18.3 Å². The number of nitrogens with one attached hydrogen (secondary N) is 1. The van der Waals surface area contributed by atoms with Gasteiger partial charge in [-0.1, -0.05) is 22.0 Å². The predicted molar refractivity (Wildman–Crippen MR) is 137 cm³/mol. The molecule has 38 heavy (non-hydrogen) atoms. The Kier molecular flexibility index (Phi) is 6.59. The highest BCUT2D eigenvalue weighted by Crippen LogP contribution is 2.34. The zero-order valence-corrected chi connectivity index (χ0v) is 21.2. The molecule has 0 saturated carbocycles. The number of benzene rings is 2. The maximum absolute atomic E-state index is 13.8. The minimum atomic E-state index is -4.77. The van der Waals surface area contributed by atoms with Gasteiger partial charge in [0.05, 0.1) is 27.2 Å². The molecule has 0 aliphatic rings. The number of rotatable bonds is 6. The molecule has 0 atom stereocenters. The highest BCUT2D eigenvalue weighted by molar-refractivity contribution is 9.10. The molecule has 1 N–H and O–H groups in total. The van der Waals surface area contributed by atoms with Crippen molar-refractivity contribution in [2.75, 3.05) is 5.32 Å². The van der Waals surface area contributed by atoms with Crippen molar-refractivity contribution in [1.82, 2.24) is 14.6 Å². The summed E-state index contributed by atoms with van der Waals surface area (Å²) < 4.78 is 48.4. The number of aromatic nitrogens is 3. The largest absolute Gasteiger partial charge is 0.457 e. The van der Waals surface area contributed by atoms with Gasteiger partial charge in [-0.25, -0.2) is 9.50 Å². The topological polar surface area (TPSA) is 112 Å². The molecule has 1 amide bonds. The molecule has 192 valence electrons. The van der Waals surface area contributed by atoms with Crippen LogP contribution in [0.3, 0.4) is 0 Å². The number of nitrogens with zero attached hydrogens (tertiary/aromatic N) is 4. The fourth-order valence-electron chi connectivity index (χ4n) is 3.49. The molecule has 0 radical (unpaired) electrons. The fourth-order valence-corrected chi connectivity index (χ4v) is 4.44. The van der Waals surface area contributed by atoms with Gasteiger partial charge >= 0.3 is 6.18 Å². The monoisotopic (exact) mass is 603 g/mol. The van der Waals surface area contributed by atoms with E-state index < -0.39 is 22.7 Å². The molecule has 2 aromatic carbocycles. The lowest BCUT2D eigenvalue weighted by Gasteiger charge is -2.10. The van der Waals surface area contributed by atoms with Crippen LogP contribution in [0.4, 0.5) is 24.5 Å². The normalized spacial score (nSPS) is 11.5. The SMILES string of the molecule is O=C(Nc1cc(Oc2ccc(Br)cc2)cc([N+](=O)[O-])c1)c1cc2nc(-c3cccs3)cc(C(F)(F)F)n2n1. The predicted octanol–water partition coefficient (Wildman–Crippen LogP) is 7.19. The van der Waals surface area contributed by atoms with Gasteiger partial charge < -0.3 is 10.1 Å². The molecule has 3 heterocycles. The Morgan fingerprint density at radius 2 is 1.84 bits per heavy atom. The molecule has 0 fully saturated rings. The second-order valence-electron chi connectivity index (χ2n) is 7.78. The lowest BCUT2D eigenvalue weighted by Crippen LogP contribution is -2.15. The summed E-state index contributed by atoms with van der Waals surface area (Å²) in [5.41, 5.74) is -1.96. The second-order valence-corrected chi connectivity index (χ2v) is 9.65. The van der Waals surface area contributed by atoms with Gasteiger partial charge in [0.2, 0.25) is 0 Å². The van der Waals surface area contributed by atoms with Crippen LogP contribution in [0.25, 0.3) is 16.2 Å². The lowest BCUT2D eigenvalue weighted by molar-refractivity contribution is -0.384. The first kappa shape index (κ1) is 25.4. The first-order valence-corrected chi connectivity index (χ1v) is 12.3. The van der Waals surface area contributed by atoms with Gasteiger partial charge in [-0.05, 0) is 41.8 Å². The van der Waals surface area contributed by atoms with Crippen LogP contribution in [0.5, 0.6) is 11.5 Å². The molecule has 0 bridgehead atoms. The molecule has 0 saturated heterocycles. The summed E-state index contributed by atoms with van der Waals surface area (Å²) in [4.78, 5) is 28.4. The summed E-state index contributed by atoms with van der Waals surface area (Å²) in [6, 6.07) is 15.6. The third-order valence-electron chi connectivity index (χ3n) is 5.13. The molecule has 5 aromatic rings. The van der Waals surface area contributed by atoms with Gasteiger partial charge in [0.1, 0.15) is 11.5 Å². The standard InChI is InChI=1S/C24H13BrF3N5O4S/c25-13-3-5-16(6-4-13)37-17-9-14(8-15(10-17)33(35)36)29-23(34)19-12-22-30-18(20-2-1-7-38-20)11-21(24(26,27)28)32(22)31-19/h1-12H,(H,29,34). The maximum Gasteiger partial charge on any atom is 0.433 e. The van der Waals surface area contributed by atoms with Crippen molar-refractivity contribution < 1.29 is 27.6 Å². The van der Waals surface area contributed by atoms with Crippen molar-refractivity contribution in [3.05, 3.63) is 98.1 Å². The van der Waals surface area contributed by atoms with Crippen LogP contribution in [0.15, 0.2) is 76.6 Å². The van der Waals surface area contributed by atoms with Crippen molar-refractivity contribution in [2.45, 2.75) is 6.18 Å². The van der Waals surface area contributed by atoms with Crippen molar-refractivity contribution in [3.63, 3.8) is 0 Å². The zero-order valence-electron chi connectivity index (χ0n) is 18.8. The summed E-state index contributed by atoms with van der Waals surface area (Å²) >= 11 is 4.51. The number of thiophene rings is 1. The van der Waals surface area contributed by atoms with E-state index in [1.165, 1.54) is 23.5 Å². The van der Waals surface area contributed by atoms with Crippen LogP contribution in [0.1, 0.15) is 16.2 Å². The Morgan fingerprint density at radius 1 is 1.08 bits per heavy atom. The summed E-state index contributed by atoms with van der Waals surface area (Å²) in [6.45, 7) is 0. The molecule has 3 aromatic heterocycles. The lowest BCUT2D eigenvalue weighted by atomic mass is 10.2. The van der Waals surface area contributed by atoms with E-state index in [0.29, 0.717) is 15.1 Å². The molecule has 0 aliphatic carbocycles. The van der Waals surface area contributed by atoms with Crippen LogP contribution >= 0.6 is 27.3 Å². The third-order valence-corrected chi connectivity index (χ3v) is 6.55. The number of carbonyl (C=O) groups is 1. The van der Waals surface area contributed by atoms with Crippen LogP contribution < -0.4 is 10.1 Å². The molecule has 5 rings (SSSR count). The molecule has 14 heteroatoms. The summed E-state index contributed by atoms with van der Waals surface area (Å²) in [5, 5.41) is 19.4. The van der Waals surface area contributed by atoms with Gasteiger partial charge in [0, 0.05) is 22.7 Å². The van der Waals surface area contributed by atoms with E-state index in [0.717, 1.165) is 22.7 Å². The number of carbonyl (C=O) groups excluding carboxylic acids is 1. The Morgan fingerprint density at radius 3 is 2.50 bits per heavy atom. The Balaban J connectivity index is 1.48. The Labute approximate surface area is 223 Å². The summed E-state index contributed by atoms with van der Waals surface area (Å²) in [5.74, 6) is -0.441. The van der Waals surface area contributed by atoms with Crippen molar-refractivity contribution in [2.24, 2.45) is 0 Å². The van der Waals surface area contributed by atoms with Gasteiger partial charge in [-0.15, -0.1) is 11.3 Å². The first-order chi connectivity index (χ1) is 18.1. The number of non-ortho nitro benzene ring substituents is 1. The molecular weight excluding hydrogens is 591 g/mol. The molecular formula is C24H13BrF3N5O4S. The number of nitro groups is 1. The number of ether oxygens (including phenoxy) is 1. The average Bonchev–Trinajstić information content (AvgIpc) is 3.54. The van der Waals surface area contributed by atoms with Crippen molar-refractivity contribution in [1.29, 1.82) is 0 Å². The highest BCUT2D eigenvalue weighted by Gasteiger charge is 2.35. The fraction of sp³-hybridized carbons (Fsp3) is 0.0417. The van der Waals surface area contributed by atoms with Crippen LogP contribution in [-0.2, 0) is 6.18 Å². The van der Waals surface area contributed by atoms with Crippen LogP contribution in [-0.4, -0.2) is 25.4 Å². The minimum absolute atomic E-state index is 0.0170. The quantitative estimate of drug-likeness (QED) is 0.162. The van der Waals surface area contributed by atoms with Gasteiger partial charge in [0.25, 0.3) is 11.6 Å². The Hall–Kier alpha value is -4.30. The number of hydrogen-bond donors (Lipinski definition) is 1. The molecule has 0 unspecified atom stereocenters. The Bertz CT molecular complexity index is 1670. The van der Waals surface area contributed by atoms with Crippen LogP contribution in [0.2, 0.25) is 0 Å². The third kappa shape index (κ3) is 5.35. The second kappa shape index (κ2) is 9.87. The zero-order chi connectivity index (χ0) is 27.0. The number of hydrogen-bond acceptors (Lipinski definition) is 7. The number of alkyl halides is 3. The average molecular weight is 604 g/mol. The van der Waals surface area contributed by atoms with Gasteiger partial charge in [0.15, 0.2) is 17.0 Å². The van der Waals surface area contributed by atoms with E-state index in [2.05, 4.69) is 31.3 Å². The van der Waals surface area contributed by atoms with E-state index in [1.54, 1.807) is 41.8 Å². The molecule has 0 aliphatic heterocycles. The maximum atomic E-state index is 13.8. The molecule has 9 nitrogen and oxygen atoms in total. The van der Waals surface area contributed by atoms with E-state index in [9.17, 15) is 28.1 Å². The first-order valence-electron chi connectivity index (χ1n) is 10.6. The van der Waals surface area contributed by atoms with Crippen molar-refractivity contribution >= 4 is 50.2 Å². The van der Waals surface area contributed by atoms with E-state index >= 15 is 0 Å². The summed E-state index contributed by atoms with van der Waals surface area (Å²) in [6.07, 6.45) is -4.77. The van der Waals surface area contributed by atoms with E-state index in [1.807, 2.05) is 0 Å². The summed E-state index contributed by atoms with van der Waals surface area (Å²) in [7, 11) is 0. The minimum Gasteiger partial charge on any atom is -0.457 e. The van der Waals surface area contributed by atoms with Crippen LogP contribution in [0, 0.1) is 10.1 Å². The van der Waals surface area contributed by atoms with E-state index in [4.69, 9.17) is 4.74 Å². The number of fused-ring (bicyclic) bond motifs is 1. The number of anilines is 1. The smallest absolute Gasteiger partial charge is 0.433 e. The van der Waals surface area contributed by atoms with E-state index in [-0.39, 0.29) is 34.2 Å². The van der Waals surface area contributed by atoms with Crippen molar-refractivity contribution in [3.8, 4) is 22.1 Å². The number of amides is 1. The number of halogens is 4.